The number of fused-ring (bicyclic) bond motifs is 1. The van der Waals surface area contributed by atoms with Crippen LogP contribution in [-0.4, -0.2) is 28.2 Å². The number of para-hydroxylation sites is 1. The predicted octanol–water partition coefficient (Wildman–Crippen LogP) is 7.70. The van der Waals surface area contributed by atoms with Crippen molar-refractivity contribution in [2.24, 2.45) is 0 Å². The predicted molar refractivity (Wildman–Crippen MR) is 163 cm³/mol. The third-order valence-corrected chi connectivity index (χ3v) is 7.04. The SMILES string of the molecule is C/C(=C\C(=O)Nc1cccc(F)c1OCCCC(=O)O)c1ccc2c(ccn2C(c2ccccc2)c2ccccc2)c1. The van der Waals surface area contributed by atoms with Gasteiger partial charge >= 0.3 is 5.97 Å². The lowest BCUT2D eigenvalue weighted by Gasteiger charge is -2.21. The Hall–Kier alpha value is -5.17. The standard InChI is InChI=1S/C35H31FN2O4/c1-24(22-32(39)37-30-15-8-14-29(36)35(30)42-21-9-16-33(40)41)27-17-18-31-28(23-27)19-20-38(31)34(25-10-4-2-5-11-25)26-12-6-3-7-13-26/h2-8,10-15,17-20,22-23,34H,9,16,21H2,1H3,(H,37,39)(H,40,41)/b24-22+. The summed E-state index contributed by atoms with van der Waals surface area (Å²) in [6.07, 6.45) is 3.68. The topological polar surface area (TPSA) is 80.6 Å². The first-order chi connectivity index (χ1) is 20.4. The van der Waals surface area contributed by atoms with Gasteiger partial charge in [0.2, 0.25) is 5.91 Å². The van der Waals surface area contributed by atoms with Gasteiger partial charge in [0, 0.05) is 29.6 Å². The average Bonchev–Trinajstić information content (AvgIpc) is 3.40. The Morgan fingerprint density at radius 1 is 0.929 bits per heavy atom. The summed E-state index contributed by atoms with van der Waals surface area (Å²) in [7, 11) is 0. The summed E-state index contributed by atoms with van der Waals surface area (Å²) < 4.78 is 22.2. The number of nitrogens with zero attached hydrogens (tertiary/aromatic N) is 1. The molecule has 0 saturated heterocycles. The molecule has 212 valence electrons. The number of anilines is 1. The molecule has 0 spiro atoms. The lowest BCUT2D eigenvalue weighted by atomic mass is 9.98. The van der Waals surface area contributed by atoms with Crippen molar-refractivity contribution in [2.75, 3.05) is 11.9 Å². The third kappa shape index (κ3) is 6.58. The Morgan fingerprint density at radius 3 is 2.29 bits per heavy atom. The highest BCUT2D eigenvalue weighted by Gasteiger charge is 2.18. The van der Waals surface area contributed by atoms with Gasteiger partial charge in [-0.3, -0.25) is 9.59 Å². The van der Waals surface area contributed by atoms with Crippen LogP contribution in [0, 0.1) is 5.82 Å². The van der Waals surface area contributed by atoms with Crippen LogP contribution in [0.25, 0.3) is 16.5 Å². The second-order valence-corrected chi connectivity index (χ2v) is 10.00. The number of aromatic nitrogens is 1. The Balaban J connectivity index is 1.37. The molecular weight excluding hydrogens is 531 g/mol. The molecule has 0 unspecified atom stereocenters. The van der Waals surface area contributed by atoms with Gasteiger partial charge in [0.05, 0.1) is 18.3 Å². The molecule has 0 radical (unpaired) electrons. The van der Waals surface area contributed by atoms with Crippen molar-refractivity contribution in [3.8, 4) is 5.75 Å². The molecule has 1 aromatic heterocycles. The second kappa shape index (κ2) is 13.0. The van der Waals surface area contributed by atoms with E-state index in [4.69, 9.17) is 9.84 Å². The molecule has 0 aliphatic carbocycles. The largest absolute Gasteiger partial charge is 0.488 e. The average molecular weight is 563 g/mol. The van der Waals surface area contributed by atoms with E-state index in [1.807, 2.05) is 49.4 Å². The molecule has 2 N–H and O–H groups in total. The molecule has 5 rings (SSSR count). The molecule has 42 heavy (non-hydrogen) atoms. The molecule has 4 aromatic carbocycles. The lowest BCUT2D eigenvalue weighted by Crippen LogP contribution is -2.12. The Labute approximate surface area is 243 Å². The molecular formula is C35H31FN2O4. The number of aliphatic carboxylic acids is 1. The van der Waals surface area contributed by atoms with Crippen LogP contribution >= 0.6 is 0 Å². The highest BCUT2D eigenvalue weighted by Crippen LogP contribution is 2.32. The van der Waals surface area contributed by atoms with Crippen molar-refractivity contribution >= 4 is 34.0 Å². The van der Waals surface area contributed by atoms with Gasteiger partial charge in [0.15, 0.2) is 11.6 Å². The summed E-state index contributed by atoms with van der Waals surface area (Å²) >= 11 is 0. The minimum atomic E-state index is -0.955. The number of hydrogen-bond donors (Lipinski definition) is 2. The number of nitrogens with one attached hydrogen (secondary N) is 1. The van der Waals surface area contributed by atoms with Gasteiger partial charge in [-0.2, -0.15) is 0 Å². The van der Waals surface area contributed by atoms with Crippen molar-refractivity contribution < 1.29 is 23.8 Å². The van der Waals surface area contributed by atoms with Crippen LogP contribution in [0.4, 0.5) is 10.1 Å². The molecule has 0 saturated carbocycles. The fourth-order valence-electron chi connectivity index (χ4n) is 5.02. The summed E-state index contributed by atoms with van der Waals surface area (Å²) in [5, 5.41) is 12.5. The molecule has 0 aliphatic heterocycles. The van der Waals surface area contributed by atoms with Gasteiger partial charge in [-0.05, 0) is 65.9 Å². The van der Waals surface area contributed by atoms with Gasteiger partial charge in [0.25, 0.3) is 0 Å². The number of hydrogen-bond acceptors (Lipinski definition) is 3. The van der Waals surface area contributed by atoms with Crippen LogP contribution in [0.2, 0.25) is 0 Å². The van der Waals surface area contributed by atoms with E-state index >= 15 is 0 Å². The monoisotopic (exact) mass is 562 g/mol. The van der Waals surface area contributed by atoms with Crippen LogP contribution in [0.5, 0.6) is 5.75 Å². The zero-order chi connectivity index (χ0) is 29.5. The highest BCUT2D eigenvalue weighted by atomic mass is 19.1. The van der Waals surface area contributed by atoms with E-state index in [0.717, 1.165) is 22.0 Å². The molecule has 6 nitrogen and oxygen atoms in total. The zero-order valence-corrected chi connectivity index (χ0v) is 23.2. The zero-order valence-electron chi connectivity index (χ0n) is 23.2. The summed E-state index contributed by atoms with van der Waals surface area (Å²) in [4.78, 5) is 23.6. The maximum Gasteiger partial charge on any atom is 0.303 e. The van der Waals surface area contributed by atoms with Gasteiger partial charge < -0.3 is 19.7 Å². The van der Waals surface area contributed by atoms with Gasteiger partial charge in [-0.1, -0.05) is 72.8 Å². The number of benzene rings is 4. The van der Waals surface area contributed by atoms with Gasteiger partial charge in [0.1, 0.15) is 0 Å². The van der Waals surface area contributed by atoms with Crippen molar-refractivity contribution in [1.29, 1.82) is 0 Å². The van der Waals surface area contributed by atoms with E-state index in [1.54, 1.807) is 6.07 Å². The summed E-state index contributed by atoms with van der Waals surface area (Å²) in [6, 6.07) is 33.2. The Morgan fingerprint density at radius 2 is 1.62 bits per heavy atom. The van der Waals surface area contributed by atoms with E-state index in [-0.39, 0.29) is 36.9 Å². The molecule has 7 heteroatoms. The first kappa shape index (κ1) is 28.4. The summed E-state index contributed by atoms with van der Waals surface area (Å²) in [5.41, 5.74) is 5.24. The molecule has 5 aromatic rings. The van der Waals surface area contributed by atoms with Crippen LogP contribution in [0.15, 0.2) is 115 Å². The van der Waals surface area contributed by atoms with Gasteiger partial charge in [-0.15, -0.1) is 0 Å². The number of ether oxygens (including phenoxy) is 1. The van der Waals surface area contributed by atoms with Crippen molar-refractivity contribution in [3.63, 3.8) is 0 Å². The second-order valence-electron chi connectivity index (χ2n) is 10.00. The third-order valence-electron chi connectivity index (χ3n) is 7.04. The maximum atomic E-state index is 14.4. The number of carbonyl (C=O) groups excluding carboxylic acids is 1. The first-order valence-electron chi connectivity index (χ1n) is 13.7. The Kier molecular flexibility index (Phi) is 8.78. The minimum absolute atomic E-state index is 0.00461. The fraction of sp³-hybridized carbons (Fsp3) is 0.143. The van der Waals surface area contributed by atoms with E-state index in [0.29, 0.717) is 0 Å². The normalized spacial score (nSPS) is 11.5. The highest BCUT2D eigenvalue weighted by molar-refractivity contribution is 6.05. The minimum Gasteiger partial charge on any atom is -0.488 e. The number of carboxylic acids is 1. The van der Waals surface area contributed by atoms with Crippen molar-refractivity contribution in [2.45, 2.75) is 25.8 Å². The molecule has 0 fully saturated rings. The smallest absolute Gasteiger partial charge is 0.303 e. The number of halogens is 1. The molecule has 0 atom stereocenters. The van der Waals surface area contributed by atoms with Gasteiger partial charge in [-0.25, -0.2) is 4.39 Å². The van der Waals surface area contributed by atoms with E-state index in [1.165, 1.54) is 29.3 Å². The summed E-state index contributed by atoms with van der Waals surface area (Å²) in [6.45, 7) is 1.86. The van der Waals surface area contributed by atoms with E-state index in [2.05, 4.69) is 58.5 Å². The molecule has 1 heterocycles. The molecule has 1 amide bonds. The molecule has 0 bridgehead atoms. The fourth-order valence-corrected chi connectivity index (χ4v) is 5.02. The first-order valence-corrected chi connectivity index (χ1v) is 13.7. The Bertz CT molecular complexity index is 1690. The van der Waals surface area contributed by atoms with E-state index in [9.17, 15) is 14.0 Å². The van der Waals surface area contributed by atoms with E-state index < -0.39 is 17.7 Å². The number of carboxylic acid groups (broad SMARTS) is 1. The number of carbonyl (C=O) groups is 2. The van der Waals surface area contributed by atoms with Crippen LogP contribution in [0.3, 0.4) is 0 Å². The van der Waals surface area contributed by atoms with Crippen LogP contribution in [-0.2, 0) is 9.59 Å². The molecule has 0 aliphatic rings. The summed E-state index contributed by atoms with van der Waals surface area (Å²) in [5.74, 6) is -2.14. The number of amides is 1. The quantitative estimate of drug-likeness (QED) is 0.128. The maximum absolute atomic E-state index is 14.4. The van der Waals surface area contributed by atoms with Crippen molar-refractivity contribution in [3.05, 3.63) is 138 Å². The van der Waals surface area contributed by atoms with Crippen LogP contribution < -0.4 is 10.1 Å². The number of allylic oxidation sites excluding steroid dienone is 1. The van der Waals surface area contributed by atoms with Crippen molar-refractivity contribution in [1.82, 2.24) is 4.57 Å². The number of rotatable bonds is 11. The van der Waals surface area contributed by atoms with Crippen LogP contribution in [0.1, 0.15) is 42.5 Å². The lowest BCUT2D eigenvalue weighted by molar-refractivity contribution is -0.137.